The van der Waals surface area contributed by atoms with Gasteiger partial charge in [-0.05, 0) is 43.4 Å². The zero-order valence-corrected chi connectivity index (χ0v) is 12.9. The Morgan fingerprint density at radius 2 is 1.89 bits per heavy atom. The molecular weight excluding hydrogens is 232 g/mol. The fourth-order valence-electron chi connectivity index (χ4n) is 2.77. The lowest BCUT2D eigenvalue weighted by molar-refractivity contribution is 0.232. The molecular formula is C17H28N2. The number of benzene rings is 1. The summed E-state index contributed by atoms with van der Waals surface area (Å²) >= 11 is 0. The Kier molecular flexibility index (Phi) is 4.51. The predicted molar refractivity (Wildman–Crippen MR) is 83.7 cm³/mol. The highest BCUT2D eigenvalue weighted by Crippen LogP contribution is 2.33. The molecule has 0 saturated carbocycles. The van der Waals surface area contributed by atoms with E-state index in [0.29, 0.717) is 5.41 Å². The molecule has 1 aliphatic rings. The molecule has 0 bridgehead atoms. The molecule has 1 saturated heterocycles. The lowest BCUT2D eigenvalue weighted by atomic mass is 9.80. The van der Waals surface area contributed by atoms with E-state index in [0.717, 1.165) is 19.0 Å². The predicted octanol–water partition coefficient (Wildman–Crippen LogP) is 3.77. The summed E-state index contributed by atoms with van der Waals surface area (Å²) in [7, 11) is 0. The number of nitrogens with zero attached hydrogens (tertiary/aromatic N) is 1. The summed E-state index contributed by atoms with van der Waals surface area (Å²) in [4.78, 5) is 2.59. The van der Waals surface area contributed by atoms with Crippen molar-refractivity contribution < 1.29 is 0 Å². The van der Waals surface area contributed by atoms with Crippen molar-refractivity contribution in [2.24, 2.45) is 11.3 Å². The molecule has 106 valence electrons. The van der Waals surface area contributed by atoms with E-state index < -0.39 is 0 Å². The molecule has 1 atom stereocenters. The third-order valence-corrected chi connectivity index (χ3v) is 4.31. The van der Waals surface area contributed by atoms with Gasteiger partial charge in [0.25, 0.3) is 0 Å². The van der Waals surface area contributed by atoms with Crippen LogP contribution >= 0.6 is 0 Å². The van der Waals surface area contributed by atoms with Gasteiger partial charge in [-0.1, -0.05) is 38.5 Å². The normalized spacial score (nSPS) is 20.7. The lowest BCUT2D eigenvalue weighted by Crippen LogP contribution is -2.29. The molecule has 0 spiro atoms. The second kappa shape index (κ2) is 5.96. The van der Waals surface area contributed by atoms with Crippen LogP contribution in [0, 0.1) is 18.3 Å². The molecule has 2 heteroatoms. The Hall–Kier alpha value is -1.02. The molecule has 1 unspecified atom stereocenters. The molecule has 1 aromatic carbocycles. The SMILES string of the molecule is Cc1ccc(NCCN2CCC(C(C)(C)C)C2)cc1. The molecule has 1 fully saturated rings. The Morgan fingerprint density at radius 1 is 1.21 bits per heavy atom. The van der Waals surface area contributed by atoms with Crippen LogP contribution in [0.5, 0.6) is 0 Å². The highest BCUT2D eigenvalue weighted by Gasteiger charge is 2.31. The minimum Gasteiger partial charge on any atom is -0.384 e. The maximum absolute atomic E-state index is 3.51. The Morgan fingerprint density at radius 3 is 2.47 bits per heavy atom. The van der Waals surface area contributed by atoms with Gasteiger partial charge in [0.1, 0.15) is 0 Å². The van der Waals surface area contributed by atoms with E-state index in [1.807, 2.05) is 0 Å². The molecule has 2 nitrogen and oxygen atoms in total. The van der Waals surface area contributed by atoms with Gasteiger partial charge in [-0.2, -0.15) is 0 Å². The zero-order chi connectivity index (χ0) is 13.9. The van der Waals surface area contributed by atoms with Gasteiger partial charge < -0.3 is 10.2 Å². The number of likely N-dealkylation sites (tertiary alicyclic amines) is 1. The smallest absolute Gasteiger partial charge is 0.0340 e. The van der Waals surface area contributed by atoms with E-state index in [2.05, 4.69) is 62.2 Å². The third kappa shape index (κ3) is 4.24. The van der Waals surface area contributed by atoms with Crippen molar-refractivity contribution in [3.05, 3.63) is 29.8 Å². The van der Waals surface area contributed by atoms with Crippen molar-refractivity contribution in [1.29, 1.82) is 0 Å². The van der Waals surface area contributed by atoms with Crippen LogP contribution in [0.15, 0.2) is 24.3 Å². The molecule has 1 heterocycles. The average molecular weight is 260 g/mol. The topological polar surface area (TPSA) is 15.3 Å². The summed E-state index contributed by atoms with van der Waals surface area (Å²) in [5, 5.41) is 3.51. The fraction of sp³-hybridized carbons (Fsp3) is 0.647. The molecule has 1 N–H and O–H groups in total. The first kappa shape index (κ1) is 14.4. The van der Waals surface area contributed by atoms with Crippen LogP contribution in [0.25, 0.3) is 0 Å². The van der Waals surface area contributed by atoms with Crippen molar-refractivity contribution >= 4 is 5.69 Å². The Balaban J connectivity index is 1.71. The highest BCUT2D eigenvalue weighted by molar-refractivity contribution is 5.44. The maximum Gasteiger partial charge on any atom is 0.0340 e. The summed E-state index contributed by atoms with van der Waals surface area (Å²) in [6, 6.07) is 8.65. The first-order valence-corrected chi connectivity index (χ1v) is 7.48. The quantitative estimate of drug-likeness (QED) is 0.886. The number of hydrogen-bond donors (Lipinski definition) is 1. The Bertz CT molecular complexity index is 389. The number of hydrogen-bond acceptors (Lipinski definition) is 2. The van der Waals surface area contributed by atoms with Crippen molar-refractivity contribution in [2.45, 2.75) is 34.1 Å². The van der Waals surface area contributed by atoms with Crippen LogP contribution in [0.3, 0.4) is 0 Å². The lowest BCUT2D eigenvalue weighted by Gasteiger charge is -2.27. The fourth-order valence-corrected chi connectivity index (χ4v) is 2.77. The van der Waals surface area contributed by atoms with Crippen molar-refractivity contribution in [3.63, 3.8) is 0 Å². The minimum atomic E-state index is 0.457. The molecule has 2 rings (SSSR count). The van der Waals surface area contributed by atoms with Gasteiger partial charge in [0.2, 0.25) is 0 Å². The van der Waals surface area contributed by atoms with E-state index in [4.69, 9.17) is 0 Å². The van der Waals surface area contributed by atoms with Crippen LogP contribution in [0.2, 0.25) is 0 Å². The number of rotatable bonds is 4. The van der Waals surface area contributed by atoms with E-state index in [1.165, 1.54) is 30.8 Å². The maximum atomic E-state index is 3.51. The van der Waals surface area contributed by atoms with E-state index in [1.54, 1.807) is 0 Å². The molecule has 1 aromatic rings. The van der Waals surface area contributed by atoms with Gasteiger partial charge in [-0.15, -0.1) is 0 Å². The van der Waals surface area contributed by atoms with Gasteiger partial charge in [-0.3, -0.25) is 0 Å². The molecule has 0 aliphatic carbocycles. The van der Waals surface area contributed by atoms with Gasteiger partial charge >= 0.3 is 0 Å². The number of anilines is 1. The summed E-state index contributed by atoms with van der Waals surface area (Å²) in [6.45, 7) is 13.9. The minimum absolute atomic E-state index is 0.457. The second-order valence-corrected chi connectivity index (χ2v) is 6.95. The van der Waals surface area contributed by atoms with Gasteiger partial charge in [0, 0.05) is 25.3 Å². The number of aryl methyl sites for hydroxylation is 1. The first-order chi connectivity index (χ1) is 8.95. The monoisotopic (exact) mass is 260 g/mol. The standard InChI is InChI=1S/C17H28N2/c1-14-5-7-16(8-6-14)18-10-12-19-11-9-15(13-19)17(2,3)4/h5-8,15,18H,9-13H2,1-4H3. The molecule has 0 radical (unpaired) electrons. The Labute approximate surface area is 118 Å². The van der Waals surface area contributed by atoms with Crippen molar-refractivity contribution in [2.75, 3.05) is 31.5 Å². The average Bonchev–Trinajstić information content (AvgIpc) is 2.80. The molecule has 0 aromatic heterocycles. The van der Waals surface area contributed by atoms with E-state index >= 15 is 0 Å². The van der Waals surface area contributed by atoms with Crippen molar-refractivity contribution in [3.8, 4) is 0 Å². The van der Waals surface area contributed by atoms with Gasteiger partial charge in [0.05, 0.1) is 0 Å². The summed E-state index contributed by atoms with van der Waals surface area (Å²) in [5.41, 5.74) is 3.01. The highest BCUT2D eigenvalue weighted by atomic mass is 15.2. The van der Waals surface area contributed by atoms with Crippen LogP contribution in [-0.2, 0) is 0 Å². The number of nitrogens with one attached hydrogen (secondary N) is 1. The van der Waals surface area contributed by atoms with Crippen LogP contribution < -0.4 is 5.32 Å². The third-order valence-electron chi connectivity index (χ3n) is 4.31. The van der Waals surface area contributed by atoms with E-state index in [9.17, 15) is 0 Å². The van der Waals surface area contributed by atoms with Crippen LogP contribution in [-0.4, -0.2) is 31.1 Å². The van der Waals surface area contributed by atoms with Crippen LogP contribution in [0.4, 0.5) is 5.69 Å². The summed E-state index contributed by atoms with van der Waals surface area (Å²) < 4.78 is 0. The summed E-state index contributed by atoms with van der Waals surface area (Å²) in [5.74, 6) is 0.854. The van der Waals surface area contributed by atoms with E-state index in [-0.39, 0.29) is 0 Å². The molecule has 0 amide bonds. The second-order valence-electron chi connectivity index (χ2n) is 6.95. The van der Waals surface area contributed by atoms with Crippen molar-refractivity contribution in [1.82, 2.24) is 4.90 Å². The molecule has 1 aliphatic heterocycles. The largest absolute Gasteiger partial charge is 0.384 e. The molecule has 19 heavy (non-hydrogen) atoms. The van der Waals surface area contributed by atoms with Gasteiger partial charge in [0.15, 0.2) is 0 Å². The zero-order valence-electron chi connectivity index (χ0n) is 12.9. The summed E-state index contributed by atoms with van der Waals surface area (Å²) in [6.07, 6.45) is 1.36. The van der Waals surface area contributed by atoms with Crippen LogP contribution in [0.1, 0.15) is 32.8 Å². The van der Waals surface area contributed by atoms with Gasteiger partial charge in [-0.25, -0.2) is 0 Å². The first-order valence-electron chi connectivity index (χ1n) is 7.48.